The number of nitrogens with one attached hydrogen (secondary N) is 1. The summed E-state index contributed by atoms with van der Waals surface area (Å²) in [6, 6.07) is 7.28. The van der Waals surface area contributed by atoms with Gasteiger partial charge < -0.3 is 4.72 Å². The molecule has 3 rings (SSSR count). The predicted octanol–water partition coefficient (Wildman–Crippen LogP) is 6.74. The fraction of sp³-hybridized carbons (Fsp3) is 0.300. The highest BCUT2D eigenvalue weighted by Gasteiger charge is 2.30. The maximum atomic E-state index is 14.2. The van der Waals surface area contributed by atoms with Crippen LogP contribution in [-0.4, -0.2) is 0 Å². The second kappa shape index (κ2) is 7.74. The minimum atomic E-state index is -1.78. The Hall–Kier alpha value is -1.95. The average Bonchev–Trinajstić information content (AvgIpc) is 3.48. The Morgan fingerprint density at radius 2 is 1.65 bits per heavy atom. The van der Waals surface area contributed by atoms with Crippen molar-refractivity contribution in [3.8, 4) is 0 Å². The van der Waals surface area contributed by atoms with E-state index in [1.165, 1.54) is 0 Å². The lowest BCUT2D eigenvalue weighted by molar-refractivity contribution is 0.390. The van der Waals surface area contributed by atoms with Crippen molar-refractivity contribution in [2.75, 3.05) is 4.72 Å². The molecule has 0 aliphatic heterocycles. The molecule has 1 aliphatic carbocycles. The number of benzene rings is 2. The van der Waals surface area contributed by atoms with Gasteiger partial charge in [-0.15, -0.1) is 0 Å². The molecule has 1 aliphatic rings. The fourth-order valence-corrected chi connectivity index (χ4v) is 3.48. The van der Waals surface area contributed by atoms with Gasteiger partial charge >= 0.3 is 0 Å². The van der Waals surface area contributed by atoms with Gasteiger partial charge in [0.25, 0.3) is 0 Å². The zero-order chi connectivity index (χ0) is 18.8. The van der Waals surface area contributed by atoms with Crippen molar-refractivity contribution in [3.05, 3.63) is 65.2 Å². The van der Waals surface area contributed by atoms with Gasteiger partial charge in [-0.1, -0.05) is 25.6 Å². The zero-order valence-corrected chi connectivity index (χ0v) is 15.2. The van der Waals surface area contributed by atoms with Crippen LogP contribution < -0.4 is 4.72 Å². The maximum absolute atomic E-state index is 14.2. The Kier molecular flexibility index (Phi) is 5.61. The molecule has 1 fully saturated rings. The summed E-state index contributed by atoms with van der Waals surface area (Å²) in [7, 11) is 0. The van der Waals surface area contributed by atoms with Crippen LogP contribution in [-0.2, 0) is 6.42 Å². The second-order valence-corrected chi connectivity index (χ2v) is 7.27. The first-order valence-electron chi connectivity index (χ1n) is 8.48. The van der Waals surface area contributed by atoms with Crippen molar-refractivity contribution in [2.24, 2.45) is 5.92 Å². The summed E-state index contributed by atoms with van der Waals surface area (Å²) in [5.41, 5.74) is 2.52. The van der Waals surface area contributed by atoms with Gasteiger partial charge in [-0.2, -0.15) is 0 Å². The van der Waals surface area contributed by atoms with E-state index in [0.29, 0.717) is 5.69 Å². The molecule has 0 aromatic heterocycles. The molecule has 1 saturated carbocycles. The van der Waals surface area contributed by atoms with E-state index >= 15 is 0 Å². The normalized spacial score (nSPS) is 13.7. The van der Waals surface area contributed by atoms with Crippen molar-refractivity contribution in [1.82, 2.24) is 0 Å². The number of halogens is 4. The third-order valence-corrected chi connectivity index (χ3v) is 5.46. The van der Waals surface area contributed by atoms with E-state index in [4.69, 9.17) is 0 Å². The van der Waals surface area contributed by atoms with E-state index in [1.54, 1.807) is 12.1 Å². The van der Waals surface area contributed by atoms with E-state index in [0.717, 1.165) is 42.3 Å². The lowest BCUT2D eigenvalue weighted by Gasteiger charge is -2.14. The van der Waals surface area contributed by atoms with Gasteiger partial charge in [0.2, 0.25) is 0 Å². The molecular weight excluding hydrogens is 362 g/mol. The van der Waals surface area contributed by atoms with Gasteiger partial charge in [-0.25, -0.2) is 17.6 Å². The van der Waals surface area contributed by atoms with Crippen LogP contribution in [0.3, 0.4) is 0 Å². The molecule has 1 N–H and O–H groups in total. The molecule has 0 atom stereocenters. The van der Waals surface area contributed by atoms with E-state index in [-0.39, 0.29) is 22.8 Å². The fourth-order valence-electron chi connectivity index (χ4n) is 2.64. The Morgan fingerprint density at radius 1 is 1.04 bits per heavy atom. The Morgan fingerprint density at radius 3 is 2.23 bits per heavy atom. The van der Waals surface area contributed by atoms with Crippen LogP contribution in [0.1, 0.15) is 37.3 Å². The van der Waals surface area contributed by atoms with Gasteiger partial charge in [0.1, 0.15) is 0 Å². The van der Waals surface area contributed by atoms with Crippen molar-refractivity contribution in [3.63, 3.8) is 0 Å². The number of anilines is 1. The van der Waals surface area contributed by atoms with E-state index in [1.807, 2.05) is 19.1 Å². The van der Waals surface area contributed by atoms with E-state index in [9.17, 15) is 17.6 Å². The molecule has 2 aromatic carbocycles. The van der Waals surface area contributed by atoms with Gasteiger partial charge in [-0.05, 0) is 66.8 Å². The Balaban J connectivity index is 1.83. The largest absolute Gasteiger partial charge is 0.326 e. The van der Waals surface area contributed by atoms with Crippen LogP contribution in [0.25, 0.3) is 5.57 Å². The van der Waals surface area contributed by atoms with Crippen LogP contribution in [0.15, 0.2) is 35.7 Å². The highest BCUT2D eigenvalue weighted by molar-refractivity contribution is 8.00. The summed E-state index contributed by atoms with van der Waals surface area (Å²) in [6.07, 6.45) is 2.81. The number of hydrogen-bond acceptors (Lipinski definition) is 2. The average molecular weight is 381 g/mol. The standard InChI is InChI=1S/C20H19F4NS/c1-3-11(2)13-6-8-14(9-7-13)25-26-20-15(10-12-4-5-12)16(21)17(22)18(23)19(20)24/h6-9,12,25H,2-5,10H2,1H3. The summed E-state index contributed by atoms with van der Waals surface area (Å²) >= 11 is 0.759. The topological polar surface area (TPSA) is 12.0 Å². The SMILES string of the molecule is C=C(CC)c1ccc(NSc2c(F)c(F)c(F)c(F)c2CC2CC2)cc1. The smallest absolute Gasteiger partial charge is 0.198 e. The number of allylic oxidation sites excluding steroid dienone is 1. The molecule has 1 nitrogen and oxygen atoms in total. The highest BCUT2D eigenvalue weighted by Crippen LogP contribution is 2.39. The van der Waals surface area contributed by atoms with Crippen molar-refractivity contribution in [2.45, 2.75) is 37.5 Å². The minimum absolute atomic E-state index is 0.0996. The summed E-state index contributed by atoms with van der Waals surface area (Å²) in [5.74, 6) is -5.97. The van der Waals surface area contributed by atoms with E-state index < -0.39 is 23.3 Å². The zero-order valence-electron chi connectivity index (χ0n) is 14.3. The number of rotatable bonds is 7. The Bertz CT molecular complexity index is 829. The van der Waals surface area contributed by atoms with Crippen molar-refractivity contribution in [1.29, 1.82) is 0 Å². The molecule has 0 radical (unpaired) electrons. The first kappa shape index (κ1) is 18.8. The van der Waals surface area contributed by atoms with Crippen molar-refractivity contribution >= 4 is 23.2 Å². The van der Waals surface area contributed by atoms with Crippen LogP contribution in [0.4, 0.5) is 23.2 Å². The lowest BCUT2D eigenvalue weighted by Crippen LogP contribution is -2.07. The summed E-state index contributed by atoms with van der Waals surface area (Å²) in [6.45, 7) is 5.96. The monoisotopic (exact) mass is 381 g/mol. The van der Waals surface area contributed by atoms with Gasteiger partial charge in [0.05, 0.1) is 4.90 Å². The third-order valence-electron chi connectivity index (χ3n) is 4.50. The third kappa shape index (κ3) is 3.90. The molecule has 0 bridgehead atoms. The first-order chi connectivity index (χ1) is 12.4. The second-order valence-electron chi connectivity index (χ2n) is 6.45. The maximum Gasteiger partial charge on any atom is 0.198 e. The molecule has 0 saturated heterocycles. The minimum Gasteiger partial charge on any atom is -0.326 e. The van der Waals surface area contributed by atoms with Gasteiger partial charge in [0, 0.05) is 11.3 Å². The molecule has 0 amide bonds. The Labute approximate surface area is 154 Å². The highest BCUT2D eigenvalue weighted by atomic mass is 32.2. The molecular formula is C20H19F4NS. The molecule has 0 heterocycles. The molecule has 0 unspecified atom stereocenters. The first-order valence-corrected chi connectivity index (χ1v) is 9.29. The van der Waals surface area contributed by atoms with Gasteiger partial charge in [-0.3, -0.25) is 0 Å². The molecule has 0 spiro atoms. The van der Waals surface area contributed by atoms with E-state index in [2.05, 4.69) is 11.3 Å². The molecule has 26 heavy (non-hydrogen) atoms. The summed E-state index contributed by atoms with van der Waals surface area (Å²) in [4.78, 5) is -0.227. The molecule has 2 aromatic rings. The van der Waals surface area contributed by atoms with Crippen LogP contribution >= 0.6 is 11.9 Å². The quantitative estimate of drug-likeness (QED) is 0.247. The molecule has 6 heteroatoms. The summed E-state index contributed by atoms with van der Waals surface area (Å²) in [5, 5.41) is 0. The number of hydrogen-bond donors (Lipinski definition) is 1. The van der Waals surface area contributed by atoms with Crippen LogP contribution in [0.2, 0.25) is 0 Å². The van der Waals surface area contributed by atoms with Gasteiger partial charge in [0.15, 0.2) is 23.3 Å². The lowest BCUT2D eigenvalue weighted by atomic mass is 10.1. The van der Waals surface area contributed by atoms with Crippen LogP contribution in [0.5, 0.6) is 0 Å². The van der Waals surface area contributed by atoms with Crippen molar-refractivity contribution < 1.29 is 17.6 Å². The van der Waals surface area contributed by atoms with Crippen LogP contribution in [0, 0.1) is 29.2 Å². The summed E-state index contributed by atoms with van der Waals surface area (Å²) < 4.78 is 58.5. The molecule has 138 valence electrons. The predicted molar refractivity (Wildman–Crippen MR) is 97.9 cm³/mol.